The van der Waals surface area contributed by atoms with Crippen LogP contribution in [0.5, 0.6) is 0 Å². The van der Waals surface area contributed by atoms with Crippen LogP contribution in [-0.2, 0) is 4.79 Å². The second-order valence-corrected chi connectivity index (χ2v) is 3.41. The van der Waals surface area contributed by atoms with E-state index in [9.17, 15) is 9.18 Å². The van der Waals surface area contributed by atoms with Gasteiger partial charge in [-0.15, -0.1) is 0 Å². The molecule has 15 heavy (non-hydrogen) atoms. The molecule has 0 atom stereocenters. The Morgan fingerprint density at radius 1 is 1.53 bits per heavy atom. The first kappa shape index (κ1) is 11.7. The van der Waals surface area contributed by atoms with Crippen LogP contribution in [0.25, 0.3) is 0 Å². The number of benzene rings is 1. The van der Waals surface area contributed by atoms with Gasteiger partial charge in [0.1, 0.15) is 5.82 Å². The molecule has 0 saturated carbocycles. The summed E-state index contributed by atoms with van der Waals surface area (Å²) in [6.07, 6.45) is 2.25. The van der Waals surface area contributed by atoms with Gasteiger partial charge >= 0.3 is 0 Å². The van der Waals surface area contributed by atoms with E-state index in [1.54, 1.807) is 12.1 Å². The van der Waals surface area contributed by atoms with Gasteiger partial charge in [0, 0.05) is 19.2 Å². The van der Waals surface area contributed by atoms with E-state index in [0.717, 1.165) is 12.8 Å². The van der Waals surface area contributed by atoms with Gasteiger partial charge in [0.05, 0.1) is 0 Å². The molecular formula is C12H15FNO. The van der Waals surface area contributed by atoms with Crippen LogP contribution in [0.1, 0.15) is 26.2 Å². The fraction of sp³-hybridized carbons (Fsp3) is 0.333. The molecule has 0 saturated heterocycles. The number of halogens is 1. The van der Waals surface area contributed by atoms with Crippen molar-refractivity contribution in [2.75, 3.05) is 4.90 Å². The number of hydrogen-bond donors (Lipinski definition) is 0. The van der Waals surface area contributed by atoms with Crippen LogP contribution < -0.4 is 4.90 Å². The van der Waals surface area contributed by atoms with Crippen LogP contribution in [0.15, 0.2) is 24.3 Å². The largest absolute Gasteiger partial charge is 0.311 e. The monoisotopic (exact) mass is 208 g/mol. The van der Waals surface area contributed by atoms with Gasteiger partial charge in [-0.1, -0.05) is 19.4 Å². The Labute approximate surface area is 89.7 Å². The van der Waals surface area contributed by atoms with E-state index < -0.39 is 0 Å². The van der Waals surface area contributed by atoms with Crippen molar-refractivity contribution >= 4 is 11.6 Å². The number of anilines is 1. The van der Waals surface area contributed by atoms with E-state index in [1.165, 1.54) is 17.0 Å². The second-order valence-electron chi connectivity index (χ2n) is 3.41. The number of carbonyl (C=O) groups excluding carboxylic acids is 1. The zero-order chi connectivity index (χ0) is 11.3. The molecule has 1 amide bonds. The normalized spacial score (nSPS) is 10.1. The first-order valence-electron chi connectivity index (χ1n) is 5.04. The summed E-state index contributed by atoms with van der Waals surface area (Å²) in [7, 11) is 3.62. The van der Waals surface area contributed by atoms with Gasteiger partial charge < -0.3 is 4.90 Å². The Morgan fingerprint density at radius 2 is 2.27 bits per heavy atom. The molecule has 1 aromatic rings. The average Bonchev–Trinajstić information content (AvgIpc) is 2.24. The highest BCUT2D eigenvalue weighted by Crippen LogP contribution is 2.16. The molecule has 0 unspecified atom stereocenters. The molecule has 0 aliphatic rings. The van der Waals surface area contributed by atoms with E-state index in [2.05, 4.69) is 7.05 Å². The lowest BCUT2D eigenvalue weighted by Crippen LogP contribution is -2.23. The lowest BCUT2D eigenvalue weighted by molar-refractivity contribution is -0.118. The molecular weight excluding hydrogens is 193 g/mol. The Morgan fingerprint density at radius 3 is 2.87 bits per heavy atom. The van der Waals surface area contributed by atoms with Gasteiger partial charge in [-0.2, -0.15) is 0 Å². The van der Waals surface area contributed by atoms with Crippen molar-refractivity contribution < 1.29 is 9.18 Å². The van der Waals surface area contributed by atoms with Crippen molar-refractivity contribution in [1.82, 2.24) is 0 Å². The van der Waals surface area contributed by atoms with Crippen LogP contribution in [0.4, 0.5) is 10.1 Å². The van der Waals surface area contributed by atoms with Crippen molar-refractivity contribution in [3.8, 4) is 0 Å². The Hall–Kier alpha value is -1.38. The number of nitrogens with zero attached hydrogens (tertiary/aromatic N) is 1. The van der Waals surface area contributed by atoms with E-state index in [4.69, 9.17) is 0 Å². The Balaban J connectivity index is 2.67. The van der Waals surface area contributed by atoms with Gasteiger partial charge in [0.15, 0.2) is 0 Å². The maximum Gasteiger partial charge on any atom is 0.227 e. The fourth-order valence-electron chi connectivity index (χ4n) is 1.25. The first-order valence-corrected chi connectivity index (χ1v) is 5.04. The van der Waals surface area contributed by atoms with Crippen molar-refractivity contribution in [3.05, 3.63) is 37.1 Å². The zero-order valence-electron chi connectivity index (χ0n) is 8.87. The molecule has 1 aromatic carbocycles. The van der Waals surface area contributed by atoms with Crippen LogP contribution in [0.3, 0.4) is 0 Å². The molecule has 1 radical (unpaired) electrons. The minimum Gasteiger partial charge on any atom is -0.311 e. The second kappa shape index (κ2) is 5.49. The number of carbonyl (C=O) groups is 1. The van der Waals surface area contributed by atoms with Crippen molar-refractivity contribution in [3.63, 3.8) is 0 Å². The fourth-order valence-corrected chi connectivity index (χ4v) is 1.25. The summed E-state index contributed by atoms with van der Waals surface area (Å²) >= 11 is 0. The maximum absolute atomic E-state index is 12.9. The van der Waals surface area contributed by atoms with Crippen LogP contribution >= 0.6 is 0 Å². The van der Waals surface area contributed by atoms with E-state index >= 15 is 0 Å². The summed E-state index contributed by atoms with van der Waals surface area (Å²) in [4.78, 5) is 12.8. The molecule has 0 heterocycles. The summed E-state index contributed by atoms with van der Waals surface area (Å²) in [5.41, 5.74) is 0.496. The zero-order valence-corrected chi connectivity index (χ0v) is 8.87. The minimum absolute atomic E-state index is 0.0811. The highest BCUT2D eigenvalue weighted by molar-refractivity contribution is 5.93. The number of rotatable bonds is 4. The van der Waals surface area contributed by atoms with Gasteiger partial charge in [-0.25, -0.2) is 4.39 Å². The molecule has 2 nitrogen and oxygen atoms in total. The summed E-state index contributed by atoms with van der Waals surface area (Å²) in [6, 6.07) is 5.88. The van der Waals surface area contributed by atoms with E-state index in [1.807, 2.05) is 6.92 Å². The number of unbranched alkanes of at least 4 members (excludes halogenated alkanes) is 1. The molecule has 0 aliphatic heterocycles. The average molecular weight is 208 g/mol. The third kappa shape index (κ3) is 3.35. The SMILES string of the molecule is [CH2]N(C(=O)CCCC)c1cccc(F)c1. The van der Waals surface area contributed by atoms with Crippen molar-refractivity contribution in [2.24, 2.45) is 0 Å². The summed E-state index contributed by atoms with van der Waals surface area (Å²) in [5, 5.41) is 0. The van der Waals surface area contributed by atoms with Gasteiger partial charge in [-0.05, 0) is 24.6 Å². The third-order valence-electron chi connectivity index (χ3n) is 2.17. The highest BCUT2D eigenvalue weighted by atomic mass is 19.1. The maximum atomic E-state index is 12.9. The van der Waals surface area contributed by atoms with Gasteiger partial charge in [-0.3, -0.25) is 4.79 Å². The minimum atomic E-state index is -0.357. The summed E-state index contributed by atoms with van der Waals surface area (Å²) in [6.45, 7) is 2.02. The van der Waals surface area contributed by atoms with Crippen LogP contribution in [0.2, 0.25) is 0 Å². The molecule has 1 rings (SSSR count). The molecule has 0 fully saturated rings. The number of amides is 1. The van der Waals surface area contributed by atoms with E-state index in [-0.39, 0.29) is 11.7 Å². The number of hydrogen-bond acceptors (Lipinski definition) is 1. The standard InChI is InChI=1S/C12H15FNO/c1-3-4-8-12(15)14(2)11-7-5-6-10(13)9-11/h5-7,9H,2-4,8H2,1H3. The predicted molar refractivity (Wildman–Crippen MR) is 58.8 cm³/mol. The lowest BCUT2D eigenvalue weighted by Gasteiger charge is -2.16. The van der Waals surface area contributed by atoms with Crippen LogP contribution in [0, 0.1) is 12.9 Å². The predicted octanol–water partition coefficient (Wildman–Crippen LogP) is 3.14. The smallest absolute Gasteiger partial charge is 0.227 e. The molecule has 0 spiro atoms. The topological polar surface area (TPSA) is 20.3 Å². The molecule has 81 valence electrons. The first-order chi connectivity index (χ1) is 7.15. The quantitative estimate of drug-likeness (QED) is 0.744. The van der Waals surface area contributed by atoms with Crippen LogP contribution in [-0.4, -0.2) is 5.91 Å². The molecule has 0 bridgehead atoms. The molecule has 0 N–H and O–H groups in total. The summed E-state index contributed by atoms with van der Waals surface area (Å²) < 4.78 is 12.9. The Bertz CT molecular complexity index is 338. The third-order valence-corrected chi connectivity index (χ3v) is 2.17. The van der Waals surface area contributed by atoms with Crippen molar-refractivity contribution in [1.29, 1.82) is 0 Å². The van der Waals surface area contributed by atoms with Gasteiger partial charge in [0.25, 0.3) is 0 Å². The molecule has 0 aliphatic carbocycles. The van der Waals surface area contributed by atoms with E-state index in [0.29, 0.717) is 12.1 Å². The molecule has 0 aromatic heterocycles. The van der Waals surface area contributed by atoms with Crippen molar-refractivity contribution in [2.45, 2.75) is 26.2 Å². The van der Waals surface area contributed by atoms with Gasteiger partial charge in [0.2, 0.25) is 5.91 Å². The highest BCUT2D eigenvalue weighted by Gasteiger charge is 2.10. The Kier molecular flexibility index (Phi) is 4.28. The summed E-state index contributed by atoms with van der Waals surface area (Å²) in [5.74, 6) is -0.438. The molecule has 3 heteroatoms. The lowest BCUT2D eigenvalue weighted by atomic mass is 10.2.